The highest BCUT2D eigenvalue weighted by Gasteiger charge is 2.27. The summed E-state index contributed by atoms with van der Waals surface area (Å²) in [6, 6.07) is 37.3. The maximum absolute atomic E-state index is 12.7. The summed E-state index contributed by atoms with van der Waals surface area (Å²) in [5, 5.41) is 2.18. The molecule has 312 valence electrons. The van der Waals surface area contributed by atoms with Gasteiger partial charge in [0.1, 0.15) is 20.0 Å². The maximum atomic E-state index is 12.7. The van der Waals surface area contributed by atoms with Crippen LogP contribution >= 0.6 is 48.9 Å². The molecule has 0 saturated carbocycles. The fourth-order valence-corrected chi connectivity index (χ4v) is 6.28. The maximum Gasteiger partial charge on any atom is 0.255 e. The molecule has 0 spiro atoms. The highest BCUT2D eigenvalue weighted by atomic mass is 32.1. The number of carbonyl (C=O) groups is 5. The minimum absolute atomic E-state index is 0. The van der Waals surface area contributed by atoms with Gasteiger partial charge in [-0.3, -0.25) is 29.0 Å². The lowest BCUT2D eigenvalue weighted by molar-refractivity contribution is -0.155. The van der Waals surface area contributed by atoms with E-state index in [0.717, 1.165) is 21.7 Å². The first-order valence-electron chi connectivity index (χ1n) is 17.7. The van der Waals surface area contributed by atoms with Crippen LogP contribution in [-0.2, 0) is 24.0 Å². The number of imide groups is 1. The zero-order valence-corrected chi connectivity index (χ0v) is 35.8. The Morgan fingerprint density at radius 3 is 0.949 bits per heavy atom. The monoisotopic (exact) mass is 871 g/mol. The van der Waals surface area contributed by atoms with Crippen LogP contribution in [0.4, 0.5) is 0 Å². The molecular weight excluding hydrogens is 819 g/mol. The standard InChI is InChI=1S/C22H23N3O3S2.C21H22N2O2S2.2CH4/c1-16(26)25(24(3)22(30)18-12-8-5-9-13-18)20(28)14-19(27)15-23(2)21(29)17-10-6-4-7-11-17;1-22(20(26)16-9-5-3-6-10-16)14-18(24)13-19(25)15-23(2)21(27)17-11-7-4-8-12-17;;/h4-13H,14-15H2,1-3H3;3-12H,13-15H2,1-2H3;2*1H4. The summed E-state index contributed by atoms with van der Waals surface area (Å²) in [5.74, 6) is -1.86. The summed E-state index contributed by atoms with van der Waals surface area (Å²) in [6.07, 6.45) is -0.577. The quantitative estimate of drug-likeness (QED) is 0.0724. The molecule has 4 rings (SSSR count). The first-order chi connectivity index (χ1) is 27.1. The van der Waals surface area contributed by atoms with Gasteiger partial charge in [-0.2, -0.15) is 5.01 Å². The first kappa shape index (κ1) is 51.6. The number of hydrogen-bond donors (Lipinski definition) is 0. The average Bonchev–Trinajstić information content (AvgIpc) is 3.20. The van der Waals surface area contributed by atoms with Crippen molar-refractivity contribution >= 4 is 98.0 Å². The third-order valence-electron chi connectivity index (χ3n) is 8.23. The normalized spacial score (nSPS) is 9.78. The van der Waals surface area contributed by atoms with Crippen LogP contribution in [0.25, 0.3) is 0 Å². The molecule has 0 radical (unpaired) electrons. The highest BCUT2D eigenvalue weighted by Crippen LogP contribution is 2.12. The van der Waals surface area contributed by atoms with Crippen LogP contribution in [0.3, 0.4) is 0 Å². The summed E-state index contributed by atoms with van der Waals surface area (Å²) in [7, 11) is 6.73. The summed E-state index contributed by atoms with van der Waals surface area (Å²) >= 11 is 21.6. The molecule has 0 fully saturated rings. The predicted octanol–water partition coefficient (Wildman–Crippen LogP) is 7.25. The Hall–Kier alpha value is -5.41. The van der Waals surface area contributed by atoms with Crippen LogP contribution in [-0.4, -0.2) is 122 Å². The fraction of sp³-hybridized carbons (Fsp3) is 0.267. The molecule has 0 atom stereocenters. The van der Waals surface area contributed by atoms with Gasteiger partial charge in [-0.25, -0.2) is 0 Å². The van der Waals surface area contributed by atoms with E-state index in [0.29, 0.717) is 25.5 Å². The van der Waals surface area contributed by atoms with Crippen molar-refractivity contribution in [3.63, 3.8) is 0 Å². The molecular formula is C45H53N5O5S4. The Morgan fingerprint density at radius 2 is 0.678 bits per heavy atom. The highest BCUT2D eigenvalue weighted by molar-refractivity contribution is 7.81. The number of likely N-dealkylation sites (N-methyl/N-ethyl adjacent to an activating group) is 3. The van der Waals surface area contributed by atoms with Crippen molar-refractivity contribution in [3.05, 3.63) is 144 Å². The zero-order valence-electron chi connectivity index (χ0n) is 32.5. The molecule has 0 saturated heterocycles. The molecule has 4 aromatic carbocycles. The number of hydrogen-bond acceptors (Lipinski definition) is 9. The molecule has 0 unspecified atom stereocenters. The van der Waals surface area contributed by atoms with Crippen molar-refractivity contribution in [3.8, 4) is 0 Å². The van der Waals surface area contributed by atoms with Gasteiger partial charge >= 0.3 is 0 Å². The minimum atomic E-state index is -0.646. The van der Waals surface area contributed by atoms with Gasteiger partial charge in [0.25, 0.3) is 5.91 Å². The molecule has 0 aliphatic rings. The molecule has 14 heteroatoms. The van der Waals surface area contributed by atoms with Gasteiger partial charge in [0.05, 0.1) is 32.5 Å². The van der Waals surface area contributed by atoms with E-state index in [1.807, 2.05) is 109 Å². The lowest BCUT2D eigenvalue weighted by atomic mass is 10.1. The van der Waals surface area contributed by atoms with E-state index in [2.05, 4.69) is 0 Å². The number of Topliss-reactive ketones (excluding diaryl/α,β-unsaturated/α-hetero) is 3. The molecule has 0 N–H and O–H groups in total. The van der Waals surface area contributed by atoms with Gasteiger partial charge in [-0.15, -0.1) is 0 Å². The summed E-state index contributed by atoms with van der Waals surface area (Å²) in [6.45, 7) is 1.42. The van der Waals surface area contributed by atoms with Gasteiger partial charge in [0.2, 0.25) is 5.91 Å². The first-order valence-corrected chi connectivity index (χ1v) is 19.4. The van der Waals surface area contributed by atoms with Crippen molar-refractivity contribution in [2.45, 2.75) is 34.6 Å². The molecule has 2 amide bonds. The number of ketones is 3. The van der Waals surface area contributed by atoms with E-state index in [1.165, 1.54) is 19.0 Å². The predicted molar refractivity (Wildman–Crippen MR) is 253 cm³/mol. The van der Waals surface area contributed by atoms with E-state index in [1.54, 1.807) is 48.0 Å². The van der Waals surface area contributed by atoms with Crippen molar-refractivity contribution in [1.29, 1.82) is 0 Å². The van der Waals surface area contributed by atoms with Gasteiger partial charge in [0.15, 0.2) is 17.3 Å². The molecule has 0 aliphatic heterocycles. The fourth-order valence-electron chi connectivity index (χ4n) is 5.46. The number of nitrogens with zero attached hydrogens (tertiary/aromatic N) is 5. The SMILES string of the molecule is C.C.CC(=O)N(C(=O)CC(=O)CN(C)C(=S)c1ccccc1)N(C)C(=S)c1ccccc1.CN(CC(=O)CC(=O)CN(C)C(=S)c1ccccc1)C(=S)c1ccccc1. The number of rotatable bonds is 14. The van der Waals surface area contributed by atoms with Crippen molar-refractivity contribution < 1.29 is 24.0 Å². The summed E-state index contributed by atoms with van der Waals surface area (Å²) in [4.78, 5) is 68.8. The Bertz CT molecular complexity index is 2000. The largest absolute Gasteiger partial charge is 0.358 e. The van der Waals surface area contributed by atoms with Crippen LogP contribution in [0.15, 0.2) is 121 Å². The molecule has 4 aromatic rings. The third kappa shape index (κ3) is 16.4. The minimum Gasteiger partial charge on any atom is -0.358 e. The Labute approximate surface area is 370 Å². The van der Waals surface area contributed by atoms with Crippen molar-refractivity contribution in [1.82, 2.24) is 24.7 Å². The van der Waals surface area contributed by atoms with Gasteiger partial charge in [-0.1, -0.05) is 185 Å². The van der Waals surface area contributed by atoms with E-state index in [-0.39, 0.29) is 58.3 Å². The number of hydrazine groups is 1. The smallest absolute Gasteiger partial charge is 0.255 e. The van der Waals surface area contributed by atoms with E-state index in [9.17, 15) is 24.0 Å². The van der Waals surface area contributed by atoms with Crippen LogP contribution in [0.1, 0.15) is 56.9 Å². The van der Waals surface area contributed by atoms with E-state index < -0.39 is 18.2 Å². The topological polar surface area (TPSA) is 102 Å². The number of amides is 2. The Morgan fingerprint density at radius 1 is 0.424 bits per heavy atom. The van der Waals surface area contributed by atoms with E-state index in [4.69, 9.17) is 48.9 Å². The summed E-state index contributed by atoms with van der Waals surface area (Å²) in [5.41, 5.74) is 3.25. The molecule has 0 aliphatic carbocycles. The molecule has 0 aromatic heterocycles. The number of thiocarbonyl (C=S) groups is 4. The van der Waals surface area contributed by atoms with Crippen LogP contribution < -0.4 is 0 Å². The molecule has 10 nitrogen and oxygen atoms in total. The molecule has 0 heterocycles. The van der Waals surface area contributed by atoms with Gasteiger partial charge in [-0.05, 0) is 0 Å². The van der Waals surface area contributed by atoms with Crippen LogP contribution in [0, 0.1) is 0 Å². The van der Waals surface area contributed by atoms with Gasteiger partial charge < -0.3 is 14.7 Å². The third-order valence-corrected chi connectivity index (χ3v) is 10.4. The van der Waals surface area contributed by atoms with Crippen LogP contribution in [0.5, 0.6) is 0 Å². The second kappa shape index (κ2) is 25.8. The van der Waals surface area contributed by atoms with E-state index >= 15 is 0 Å². The number of benzene rings is 4. The Balaban J connectivity index is 0.000000573. The Kier molecular flexibility index (Phi) is 22.6. The van der Waals surface area contributed by atoms with Crippen molar-refractivity contribution in [2.24, 2.45) is 0 Å². The lowest BCUT2D eigenvalue weighted by Gasteiger charge is -2.31. The van der Waals surface area contributed by atoms with Crippen molar-refractivity contribution in [2.75, 3.05) is 47.8 Å². The average molecular weight is 872 g/mol. The molecule has 0 bridgehead atoms. The summed E-state index contributed by atoms with van der Waals surface area (Å²) < 4.78 is 0. The second-order valence-electron chi connectivity index (χ2n) is 13.0. The second-order valence-corrected chi connectivity index (χ2v) is 14.5. The van der Waals surface area contributed by atoms with Crippen LogP contribution in [0.2, 0.25) is 0 Å². The lowest BCUT2D eigenvalue weighted by Crippen LogP contribution is -2.50. The van der Waals surface area contributed by atoms with Gasteiger partial charge in [0, 0.05) is 57.4 Å². The number of carbonyl (C=O) groups excluding carboxylic acids is 5. The zero-order chi connectivity index (χ0) is 42.1. The molecule has 59 heavy (non-hydrogen) atoms.